The van der Waals surface area contributed by atoms with E-state index in [0.717, 1.165) is 49.0 Å². The van der Waals surface area contributed by atoms with Crippen molar-refractivity contribution in [1.29, 1.82) is 0 Å². The van der Waals surface area contributed by atoms with Crippen LogP contribution in [-0.2, 0) is 17.7 Å². The molecule has 1 aliphatic heterocycles. The zero-order chi connectivity index (χ0) is 17.8. The Morgan fingerprint density at radius 3 is 2.77 bits per heavy atom. The summed E-state index contributed by atoms with van der Waals surface area (Å²) in [6, 6.07) is 20.5. The molecule has 1 fully saturated rings. The Morgan fingerprint density at radius 2 is 1.88 bits per heavy atom. The Labute approximate surface area is 153 Å². The van der Waals surface area contributed by atoms with Gasteiger partial charge in [0.2, 0.25) is 0 Å². The van der Waals surface area contributed by atoms with Gasteiger partial charge in [-0.3, -0.25) is 9.69 Å². The SMILES string of the molecule is O=c1[nH]c2ccccc2cc1CN1CCOC(CCc2ccccc2)C1. The Morgan fingerprint density at radius 1 is 1.08 bits per heavy atom. The topological polar surface area (TPSA) is 45.3 Å². The van der Waals surface area contributed by atoms with E-state index < -0.39 is 0 Å². The number of hydrogen-bond acceptors (Lipinski definition) is 3. The van der Waals surface area contributed by atoms with Crippen molar-refractivity contribution in [2.75, 3.05) is 19.7 Å². The first-order valence-electron chi connectivity index (χ1n) is 9.27. The number of nitrogens with zero attached hydrogens (tertiary/aromatic N) is 1. The number of rotatable bonds is 5. The quantitative estimate of drug-likeness (QED) is 0.769. The minimum atomic E-state index is 0.0102. The van der Waals surface area contributed by atoms with E-state index >= 15 is 0 Å². The third-order valence-electron chi connectivity index (χ3n) is 5.05. The van der Waals surface area contributed by atoms with Gasteiger partial charge in [0, 0.05) is 30.7 Å². The third kappa shape index (κ3) is 4.03. The summed E-state index contributed by atoms with van der Waals surface area (Å²) in [5.74, 6) is 0. The molecule has 4 heteroatoms. The lowest BCUT2D eigenvalue weighted by Crippen LogP contribution is -2.42. The van der Waals surface area contributed by atoms with Crippen LogP contribution in [0.5, 0.6) is 0 Å². The highest BCUT2D eigenvalue weighted by Gasteiger charge is 2.21. The number of ether oxygens (including phenoxy) is 1. The summed E-state index contributed by atoms with van der Waals surface area (Å²) in [6.07, 6.45) is 2.26. The lowest BCUT2D eigenvalue weighted by atomic mass is 10.1. The molecule has 1 saturated heterocycles. The zero-order valence-electron chi connectivity index (χ0n) is 14.9. The molecular formula is C22H24N2O2. The molecule has 4 rings (SSSR count). The van der Waals surface area contributed by atoms with Gasteiger partial charge in [0.25, 0.3) is 5.56 Å². The fourth-order valence-electron chi connectivity index (χ4n) is 3.62. The predicted molar refractivity (Wildman–Crippen MR) is 104 cm³/mol. The number of para-hydroxylation sites is 1. The van der Waals surface area contributed by atoms with Crippen LogP contribution in [0.4, 0.5) is 0 Å². The van der Waals surface area contributed by atoms with E-state index in [1.165, 1.54) is 5.56 Å². The van der Waals surface area contributed by atoms with Crippen LogP contribution in [0.15, 0.2) is 65.5 Å². The summed E-state index contributed by atoms with van der Waals surface area (Å²) in [5.41, 5.74) is 3.08. The van der Waals surface area contributed by atoms with Crippen LogP contribution < -0.4 is 5.56 Å². The van der Waals surface area contributed by atoms with Gasteiger partial charge in [-0.15, -0.1) is 0 Å². The minimum absolute atomic E-state index is 0.0102. The standard InChI is InChI=1S/C22H24N2O2/c25-22-19(14-18-8-4-5-9-21(18)23-22)15-24-12-13-26-20(16-24)11-10-17-6-2-1-3-7-17/h1-9,14,20H,10-13,15-16H2,(H,23,25). The third-order valence-corrected chi connectivity index (χ3v) is 5.05. The molecule has 0 spiro atoms. The lowest BCUT2D eigenvalue weighted by molar-refractivity contribution is -0.0346. The molecule has 1 N–H and O–H groups in total. The van der Waals surface area contributed by atoms with Crippen LogP contribution in [0.25, 0.3) is 10.9 Å². The number of fused-ring (bicyclic) bond motifs is 1. The summed E-state index contributed by atoms with van der Waals surface area (Å²) >= 11 is 0. The molecule has 0 saturated carbocycles. The zero-order valence-corrected chi connectivity index (χ0v) is 14.9. The number of aryl methyl sites for hydroxylation is 1. The molecular weight excluding hydrogens is 324 g/mol. The first-order chi connectivity index (χ1) is 12.8. The second-order valence-electron chi connectivity index (χ2n) is 6.96. The molecule has 2 heterocycles. The van der Waals surface area contributed by atoms with E-state index in [-0.39, 0.29) is 11.7 Å². The van der Waals surface area contributed by atoms with Gasteiger partial charge in [-0.1, -0.05) is 48.5 Å². The summed E-state index contributed by atoms with van der Waals surface area (Å²) in [6.45, 7) is 3.14. The van der Waals surface area contributed by atoms with Crippen molar-refractivity contribution < 1.29 is 4.74 Å². The van der Waals surface area contributed by atoms with E-state index in [4.69, 9.17) is 4.74 Å². The summed E-state index contributed by atoms with van der Waals surface area (Å²) in [5, 5.41) is 1.08. The maximum atomic E-state index is 12.4. The fourth-order valence-corrected chi connectivity index (χ4v) is 3.62. The molecule has 1 atom stereocenters. The van der Waals surface area contributed by atoms with Gasteiger partial charge in [0.1, 0.15) is 0 Å². The monoisotopic (exact) mass is 348 g/mol. The van der Waals surface area contributed by atoms with Gasteiger partial charge in [-0.25, -0.2) is 0 Å². The van der Waals surface area contributed by atoms with Gasteiger partial charge >= 0.3 is 0 Å². The van der Waals surface area contributed by atoms with Crippen molar-refractivity contribution in [3.05, 3.63) is 82.1 Å². The van der Waals surface area contributed by atoms with Crippen LogP contribution in [0.1, 0.15) is 17.5 Å². The van der Waals surface area contributed by atoms with Crippen LogP contribution in [0.2, 0.25) is 0 Å². The number of pyridine rings is 1. The number of H-pyrrole nitrogens is 1. The average Bonchev–Trinajstić information content (AvgIpc) is 2.68. The van der Waals surface area contributed by atoms with Crippen LogP contribution in [0, 0.1) is 0 Å². The number of hydrogen-bond donors (Lipinski definition) is 1. The van der Waals surface area contributed by atoms with E-state index in [1.54, 1.807) is 0 Å². The molecule has 0 aliphatic carbocycles. The lowest BCUT2D eigenvalue weighted by Gasteiger charge is -2.33. The summed E-state index contributed by atoms with van der Waals surface area (Å²) in [7, 11) is 0. The van der Waals surface area contributed by atoms with Crippen LogP contribution >= 0.6 is 0 Å². The Hall–Kier alpha value is -2.43. The van der Waals surface area contributed by atoms with Gasteiger partial charge in [-0.05, 0) is 35.9 Å². The van der Waals surface area contributed by atoms with Gasteiger partial charge in [0.05, 0.1) is 12.7 Å². The summed E-state index contributed by atoms with van der Waals surface area (Å²) in [4.78, 5) is 17.7. The number of aromatic nitrogens is 1. The van der Waals surface area contributed by atoms with Gasteiger partial charge < -0.3 is 9.72 Å². The first-order valence-corrected chi connectivity index (χ1v) is 9.27. The van der Waals surface area contributed by atoms with Crippen molar-refractivity contribution in [2.45, 2.75) is 25.5 Å². The minimum Gasteiger partial charge on any atom is -0.376 e. The summed E-state index contributed by atoms with van der Waals surface area (Å²) < 4.78 is 5.94. The fraction of sp³-hybridized carbons (Fsp3) is 0.318. The number of morpholine rings is 1. The molecule has 1 aromatic heterocycles. The largest absolute Gasteiger partial charge is 0.376 e. The smallest absolute Gasteiger partial charge is 0.252 e. The molecule has 0 radical (unpaired) electrons. The highest BCUT2D eigenvalue weighted by atomic mass is 16.5. The number of nitrogens with one attached hydrogen (secondary N) is 1. The molecule has 0 amide bonds. The van der Waals surface area contributed by atoms with Crippen molar-refractivity contribution in [3.8, 4) is 0 Å². The molecule has 4 nitrogen and oxygen atoms in total. The second-order valence-corrected chi connectivity index (χ2v) is 6.96. The molecule has 26 heavy (non-hydrogen) atoms. The van der Waals surface area contributed by atoms with Crippen LogP contribution in [0.3, 0.4) is 0 Å². The molecule has 1 unspecified atom stereocenters. The van der Waals surface area contributed by atoms with E-state index in [1.807, 2.05) is 36.4 Å². The van der Waals surface area contributed by atoms with Crippen molar-refractivity contribution >= 4 is 10.9 Å². The number of aromatic amines is 1. The number of benzene rings is 2. The van der Waals surface area contributed by atoms with E-state index in [2.05, 4.69) is 34.1 Å². The van der Waals surface area contributed by atoms with Crippen molar-refractivity contribution in [2.24, 2.45) is 0 Å². The maximum absolute atomic E-state index is 12.4. The highest BCUT2D eigenvalue weighted by Crippen LogP contribution is 2.16. The average molecular weight is 348 g/mol. The normalized spacial score (nSPS) is 18.2. The predicted octanol–water partition coefficient (Wildman–Crippen LogP) is 3.36. The molecule has 0 bridgehead atoms. The van der Waals surface area contributed by atoms with Gasteiger partial charge in [0.15, 0.2) is 0 Å². The van der Waals surface area contributed by atoms with E-state index in [0.29, 0.717) is 6.54 Å². The Bertz CT molecular complexity index is 920. The molecule has 134 valence electrons. The Kier molecular flexibility index (Phi) is 5.14. The molecule has 3 aromatic rings. The first kappa shape index (κ1) is 17.0. The second kappa shape index (κ2) is 7.85. The van der Waals surface area contributed by atoms with Crippen LogP contribution in [-0.4, -0.2) is 35.7 Å². The highest BCUT2D eigenvalue weighted by molar-refractivity contribution is 5.78. The van der Waals surface area contributed by atoms with Crippen molar-refractivity contribution in [1.82, 2.24) is 9.88 Å². The maximum Gasteiger partial charge on any atom is 0.252 e. The molecule has 2 aromatic carbocycles. The molecule has 1 aliphatic rings. The Balaban J connectivity index is 1.40. The van der Waals surface area contributed by atoms with Crippen molar-refractivity contribution in [3.63, 3.8) is 0 Å². The van der Waals surface area contributed by atoms with Gasteiger partial charge in [-0.2, -0.15) is 0 Å². The van der Waals surface area contributed by atoms with E-state index in [9.17, 15) is 4.79 Å².